The van der Waals surface area contributed by atoms with Gasteiger partial charge in [0.1, 0.15) is 0 Å². The maximum absolute atomic E-state index is 10.6. The van der Waals surface area contributed by atoms with Crippen LogP contribution in [0.25, 0.3) is 10.4 Å². The Hall–Kier alpha value is -2.07. The Morgan fingerprint density at radius 2 is 2.38 bits per heavy atom. The summed E-state index contributed by atoms with van der Waals surface area (Å²) in [5.74, 6) is 0. The van der Waals surface area contributed by atoms with Crippen LogP contribution in [0.4, 0.5) is 5.69 Å². The molecule has 0 radical (unpaired) electrons. The van der Waals surface area contributed by atoms with Gasteiger partial charge in [-0.1, -0.05) is 30.6 Å². The lowest BCUT2D eigenvalue weighted by Gasteiger charge is -2.09. The van der Waals surface area contributed by atoms with Crippen LogP contribution in [0.15, 0.2) is 29.4 Å². The van der Waals surface area contributed by atoms with Crippen molar-refractivity contribution in [2.24, 2.45) is 5.11 Å². The molecule has 84 valence electrons. The molecule has 0 spiro atoms. The van der Waals surface area contributed by atoms with Gasteiger partial charge in [0.2, 0.25) is 0 Å². The minimum absolute atomic E-state index is 0.0201. The summed E-state index contributed by atoms with van der Waals surface area (Å²) in [6.07, 6.45) is 1.54. The molecule has 1 aromatic carbocycles. The Labute approximate surface area is 92.7 Å². The number of hydrogen-bond donors (Lipinski definition) is 0. The van der Waals surface area contributed by atoms with Gasteiger partial charge in [0.15, 0.2) is 0 Å². The van der Waals surface area contributed by atoms with Gasteiger partial charge < -0.3 is 0 Å². The van der Waals surface area contributed by atoms with Gasteiger partial charge in [-0.25, -0.2) is 0 Å². The third kappa shape index (κ3) is 2.96. The van der Waals surface area contributed by atoms with Gasteiger partial charge in [0, 0.05) is 17.0 Å². The van der Waals surface area contributed by atoms with Crippen molar-refractivity contribution in [3.8, 4) is 0 Å². The van der Waals surface area contributed by atoms with E-state index in [9.17, 15) is 10.1 Å². The lowest BCUT2D eigenvalue weighted by atomic mass is 10.0. The molecular formula is C10H12N4O2. The zero-order valence-electron chi connectivity index (χ0n) is 8.91. The molecule has 0 amide bonds. The molecule has 1 atom stereocenters. The van der Waals surface area contributed by atoms with Crippen LogP contribution in [0, 0.1) is 10.1 Å². The molecule has 0 saturated carbocycles. The number of azide groups is 1. The summed E-state index contributed by atoms with van der Waals surface area (Å²) in [5.41, 5.74) is 9.14. The van der Waals surface area contributed by atoms with Crippen molar-refractivity contribution in [3.05, 3.63) is 50.4 Å². The highest BCUT2D eigenvalue weighted by atomic mass is 16.6. The molecule has 0 heterocycles. The molecule has 6 heteroatoms. The monoisotopic (exact) mass is 220 g/mol. The fourth-order valence-corrected chi connectivity index (χ4v) is 1.47. The number of rotatable bonds is 5. The van der Waals surface area contributed by atoms with E-state index in [1.807, 2.05) is 6.92 Å². The van der Waals surface area contributed by atoms with Gasteiger partial charge in [-0.05, 0) is 17.5 Å². The Balaban J connectivity index is 3.04. The first-order valence-corrected chi connectivity index (χ1v) is 4.97. The van der Waals surface area contributed by atoms with E-state index in [0.717, 1.165) is 6.42 Å². The number of benzene rings is 1. The number of non-ortho nitro benzene ring substituents is 1. The third-order valence-corrected chi connectivity index (χ3v) is 2.22. The van der Waals surface area contributed by atoms with Crippen molar-refractivity contribution in [1.82, 2.24) is 0 Å². The normalized spacial score (nSPS) is 11.6. The van der Waals surface area contributed by atoms with E-state index in [2.05, 4.69) is 10.0 Å². The van der Waals surface area contributed by atoms with E-state index in [4.69, 9.17) is 5.53 Å². The number of nitrogens with zero attached hydrogens (tertiary/aromatic N) is 4. The average molecular weight is 220 g/mol. The minimum atomic E-state index is -0.456. The molecule has 0 aliphatic rings. The lowest BCUT2D eigenvalue weighted by molar-refractivity contribution is -0.384. The Kier molecular flexibility index (Phi) is 4.29. The van der Waals surface area contributed by atoms with E-state index < -0.39 is 4.92 Å². The maximum atomic E-state index is 10.6. The van der Waals surface area contributed by atoms with Crippen LogP contribution in [0.3, 0.4) is 0 Å². The zero-order valence-corrected chi connectivity index (χ0v) is 8.91. The van der Waals surface area contributed by atoms with E-state index >= 15 is 0 Å². The van der Waals surface area contributed by atoms with Gasteiger partial charge in [-0.3, -0.25) is 10.1 Å². The molecule has 0 unspecified atom stereocenters. The van der Waals surface area contributed by atoms with Crippen LogP contribution < -0.4 is 0 Å². The Bertz CT molecular complexity index is 427. The predicted octanol–water partition coefficient (Wildman–Crippen LogP) is 3.75. The van der Waals surface area contributed by atoms with Crippen LogP contribution in [0.5, 0.6) is 0 Å². The highest BCUT2D eigenvalue weighted by molar-refractivity contribution is 5.35. The first-order valence-electron chi connectivity index (χ1n) is 4.97. The van der Waals surface area contributed by atoms with E-state index in [-0.39, 0.29) is 11.7 Å². The topological polar surface area (TPSA) is 91.9 Å². The standard InChI is InChI=1S/C10H12N4O2/c1-2-4-10(12-13-11)8-5-3-6-9(7-8)14(15)16/h3,5-7,10H,2,4H2,1H3/t10-/m1/s1. The quantitative estimate of drug-likeness (QED) is 0.248. The average Bonchev–Trinajstić information content (AvgIpc) is 2.29. The first kappa shape index (κ1) is 12.0. The molecule has 0 bridgehead atoms. The van der Waals surface area contributed by atoms with Gasteiger partial charge in [0.05, 0.1) is 11.0 Å². The fourth-order valence-electron chi connectivity index (χ4n) is 1.47. The molecule has 0 aliphatic heterocycles. The van der Waals surface area contributed by atoms with Crippen LogP contribution in [-0.2, 0) is 0 Å². The van der Waals surface area contributed by atoms with Gasteiger partial charge in [-0.2, -0.15) is 0 Å². The third-order valence-electron chi connectivity index (χ3n) is 2.22. The number of hydrogen-bond acceptors (Lipinski definition) is 3. The molecule has 0 fully saturated rings. The van der Waals surface area contributed by atoms with Crippen molar-refractivity contribution < 1.29 is 4.92 Å². The first-order chi connectivity index (χ1) is 7.69. The van der Waals surface area contributed by atoms with Crippen molar-refractivity contribution in [2.75, 3.05) is 0 Å². The summed E-state index contributed by atoms with van der Waals surface area (Å²) in [5, 5.41) is 14.2. The van der Waals surface area contributed by atoms with Crippen molar-refractivity contribution >= 4 is 5.69 Å². The van der Waals surface area contributed by atoms with Crippen LogP contribution in [0.1, 0.15) is 31.4 Å². The van der Waals surface area contributed by atoms with Crippen LogP contribution in [-0.4, -0.2) is 4.92 Å². The molecule has 0 aromatic heterocycles. The van der Waals surface area contributed by atoms with Crippen molar-refractivity contribution in [3.63, 3.8) is 0 Å². The number of nitro groups is 1. The van der Waals surface area contributed by atoms with Gasteiger partial charge >= 0.3 is 0 Å². The minimum Gasteiger partial charge on any atom is -0.258 e. The highest BCUT2D eigenvalue weighted by Crippen LogP contribution is 2.25. The number of nitro benzene ring substituents is 1. The van der Waals surface area contributed by atoms with Gasteiger partial charge in [0.25, 0.3) is 5.69 Å². The molecule has 1 aromatic rings. The summed E-state index contributed by atoms with van der Waals surface area (Å²) in [6.45, 7) is 1.97. The Morgan fingerprint density at radius 3 is 2.94 bits per heavy atom. The molecule has 0 N–H and O–H groups in total. The summed E-state index contributed by atoms with van der Waals surface area (Å²) < 4.78 is 0. The summed E-state index contributed by atoms with van der Waals surface area (Å²) in [4.78, 5) is 12.9. The van der Waals surface area contributed by atoms with Crippen LogP contribution >= 0.6 is 0 Å². The fraction of sp³-hybridized carbons (Fsp3) is 0.400. The second-order valence-electron chi connectivity index (χ2n) is 3.36. The van der Waals surface area contributed by atoms with E-state index in [1.54, 1.807) is 12.1 Å². The van der Waals surface area contributed by atoms with E-state index in [0.29, 0.717) is 12.0 Å². The highest BCUT2D eigenvalue weighted by Gasteiger charge is 2.12. The molecule has 0 saturated heterocycles. The summed E-state index contributed by atoms with van der Waals surface area (Å²) in [7, 11) is 0. The second-order valence-corrected chi connectivity index (χ2v) is 3.36. The SMILES string of the molecule is CCC[C@@H](N=[N+]=[N-])c1cccc([N+](=O)[O-])c1. The molecule has 0 aliphatic carbocycles. The van der Waals surface area contributed by atoms with Gasteiger partial charge in [-0.15, -0.1) is 0 Å². The summed E-state index contributed by atoms with van der Waals surface area (Å²) in [6, 6.07) is 5.89. The Morgan fingerprint density at radius 1 is 1.62 bits per heavy atom. The van der Waals surface area contributed by atoms with Crippen molar-refractivity contribution in [2.45, 2.75) is 25.8 Å². The maximum Gasteiger partial charge on any atom is 0.269 e. The molecule has 16 heavy (non-hydrogen) atoms. The van der Waals surface area contributed by atoms with Crippen LogP contribution in [0.2, 0.25) is 0 Å². The molecule has 6 nitrogen and oxygen atoms in total. The van der Waals surface area contributed by atoms with E-state index in [1.165, 1.54) is 12.1 Å². The smallest absolute Gasteiger partial charge is 0.258 e. The predicted molar refractivity (Wildman–Crippen MR) is 59.9 cm³/mol. The second kappa shape index (κ2) is 5.72. The van der Waals surface area contributed by atoms with Crippen molar-refractivity contribution in [1.29, 1.82) is 0 Å². The molecular weight excluding hydrogens is 208 g/mol. The lowest BCUT2D eigenvalue weighted by Crippen LogP contribution is -1.96. The zero-order chi connectivity index (χ0) is 12.0. The largest absolute Gasteiger partial charge is 0.269 e. The molecule has 1 rings (SSSR count). The summed E-state index contributed by atoms with van der Waals surface area (Å²) >= 11 is 0.